The van der Waals surface area contributed by atoms with E-state index in [4.69, 9.17) is 5.73 Å². The van der Waals surface area contributed by atoms with Gasteiger partial charge in [0.15, 0.2) is 5.82 Å². The van der Waals surface area contributed by atoms with E-state index in [0.29, 0.717) is 11.5 Å². The number of anilines is 1. The molecular weight excluding hydrogens is 255 g/mol. The first kappa shape index (κ1) is 12.3. The molecule has 0 saturated heterocycles. The summed E-state index contributed by atoms with van der Waals surface area (Å²) in [7, 11) is 0. The van der Waals surface area contributed by atoms with Crippen LogP contribution in [0.1, 0.15) is 5.56 Å². The van der Waals surface area contributed by atoms with Crippen LogP contribution in [0.25, 0.3) is 17.1 Å². The van der Waals surface area contributed by atoms with Crippen molar-refractivity contribution in [2.45, 2.75) is 6.92 Å². The van der Waals surface area contributed by atoms with Gasteiger partial charge in [0, 0.05) is 5.56 Å². The number of aromatic nitrogens is 3. The van der Waals surface area contributed by atoms with E-state index in [9.17, 15) is 4.39 Å². The number of benzene rings is 2. The predicted octanol–water partition coefficient (Wildman–Crippen LogP) is 2.96. The highest BCUT2D eigenvalue weighted by Crippen LogP contribution is 2.22. The van der Waals surface area contributed by atoms with E-state index in [1.165, 1.54) is 12.1 Å². The average Bonchev–Trinajstić information content (AvgIpc) is 2.82. The number of aryl methyl sites for hydroxylation is 1. The molecule has 0 bridgehead atoms. The van der Waals surface area contributed by atoms with Gasteiger partial charge in [-0.05, 0) is 31.2 Å². The summed E-state index contributed by atoms with van der Waals surface area (Å²) in [5.41, 5.74) is 8.48. The third-order valence-electron chi connectivity index (χ3n) is 3.00. The second kappa shape index (κ2) is 4.77. The standard InChI is InChI=1S/C15H13FN4/c1-10-2-4-11(5-3-10)14-18-15(17)19-20(14)13-8-6-12(16)7-9-13/h2-9H,1H3,(H2,17,19). The fraction of sp³-hybridized carbons (Fsp3) is 0.0667. The fourth-order valence-corrected chi connectivity index (χ4v) is 1.98. The summed E-state index contributed by atoms with van der Waals surface area (Å²) in [5.74, 6) is 0.526. The Morgan fingerprint density at radius 2 is 1.65 bits per heavy atom. The zero-order valence-electron chi connectivity index (χ0n) is 10.9. The number of nitrogens with two attached hydrogens (primary N) is 1. The molecule has 0 aliphatic carbocycles. The SMILES string of the molecule is Cc1ccc(-c2nc(N)nn2-c2ccc(F)cc2)cc1. The van der Waals surface area contributed by atoms with Gasteiger partial charge in [0.2, 0.25) is 5.95 Å². The molecule has 2 N–H and O–H groups in total. The molecule has 1 heterocycles. The van der Waals surface area contributed by atoms with E-state index in [1.807, 2.05) is 31.2 Å². The highest BCUT2D eigenvalue weighted by Gasteiger charge is 2.12. The maximum atomic E-state index is 13.0. The number of rotatable bonds is 2. The van der Waals surface area contributed by atoms with E-state index in [0.717, 1.165) is 11.1 Å². The summed E-state index contributed by atoms with van der Waals surface area (Å²) >= 11 is 0. The minimum absolute atomic E-state index is 0.185. The van der Waals surface area contributed by atoms with Gasteiger partial charge in [-0.25, -0.2) is 9.07 Å². The Hall–Kier alpha value is -2.69. The molecule has 4 nitrogen and oxygen atoms in total. The summed E-state index contributed by atoms with van der Waals surface area (Å²) in [4.78, 5) is 4.25. The highest BCUT2D eigenvalue weighted by atomic mass is 19.1. The molecule has 5 heteroatoms. The topological polar surface area (TPSA) is 56.7 Å². The van der Waals surface area contributed by atoms with Crippen LogP contribution >= 0.6 is 0 Å². The molecular formula is C15H13FN4. The molecule has 20 heavy (non-hydrogen) atoms. The Kier molecular flexibility index (Phi) is 2.95. The van der Waals surface area contributed by atoms with Crippen molar-refractivity contribution in [2.24, 2.45) is 0 Å². The zero-order valence-corrected chi connectivity index (χ0v) is 10.9. The normalized spacial score (nSPS) is 10.7. The molecule has 0 unspecified atom stereocenters. The van der Waals surface area contributed by atoms with Crippen molar-refractivity contribution in [3.05, 3.63) is 59.9 Å². The van der Waals surface area contributed by atoms with Gasteiger partial charge in [-0.3, -0.25) is 0 Å². The minimum atomic E-state index is -0.293. The maximum absolute atomic E-state index is 13.0. The van der Waals surface area contributed by atoms with Crippen LogP contribution in [-0.4, -0.2) is 14.8 Å². The molecule has 0 aliphatic rings. The van der Waals surface area contributed by atoms with E-state index < -0.39 is 0 Å². The van der Waals surface area contributed by atoms with Crippen LogP contribution in [0.3, 0.4) is 0 Å². The molecule has 0 radical (unpaired) electrons. The third kappa shape index (κ3) is 2.25. The minimum Gasteiger partial charge on any atom is -0.366 e. The van der Waals surface area contributed by atoms with Gasteiger partial charge < -0.3 is 5.73 Å². The predicted molar refractivity (Wildman–Crippen MR) is 75.9 cm³/mol. The smallest absolute Gasteiger partial charge is 0.240 e. The molecule has 0 amide bonds. The van der Waals surface area contributed by atoms with Crippen LogP contribution in [0.5, 0.6) is 0 Å². The van der Waals surface area contributed by atoms with Crippen LogP contribution < -0.4 is 5.73 Å². The van der Waals surface area contributed by atoms with E-state index >= 15 is 0 Å². The van der Waals surface area contributed by atoms with Crippen molar-refractivity contribution in [3.63, 3.8) is 0 Å². The quantitative estimate of drug-likeness (QED) is 0.777. The second-order valence-electron chi connectivity index (χ2n) is 4.55. The Balaban J connectivity index is 2.12. The van der Waals surface area contributed by atoms with Crippen molar-refractivity contribution in [1.29, 1.82) is 0 Å². The molecule has 0 aliphatic heterocycles. The first-order chi connectivity index (χ1) is 9.63. The Labute approximate surface area is 115 Å². The molecule has 3 rings (SSSR count). The van der Waals surface area contributed by atoms with Crippen molar-refractivity contribution in [3.8, 4) is 17.1 Å². The molecule has 0 fully saturated rings. The van der Waals surface area contributed by atoms with Gasteiger partial charge in [0.05, 0.1) is 5.69 Å². The van der Waals surface area contributed by atoms with Crippen molar-refractivity contribution in [2.75, 3.05) is 5.73 Å². The van der Waals surface area contributed by atoms with Crippen LogP contribution in [0, 0.1) is 12.7 Å². The monoisotopic (exact) mass is 268 g/mol. The van der Waals surface area contributed by atoms with E-state index in [-0.39, 0.29) is 11.8 Å². The number of halogens is 1. The molecule has 2 aromatic carbocycles. The maximum Gasteiger partial charge on any atom is 0.240 e. The highest BCUT2D eigenvalue weighted by molar-refractivity contribution is 5.59. The lowest BCUT2D eigenvalue weighted by molar-refractivity contribution is 0.627. The summed E-state index contributed by atoms with van der Waals surface area (Å²) in [6, 6.07) is 13.9. The zero-order chi connectivity index (χ0) is 14.1. The summed E-state index contributed by atoms with van der Waals surface area (Å²) < 4.78 is 14.6. The average molecular weight is 268 g/mol. The van der Waals surface area contributed by atoms with Gasteiger partial charge in [-0.15, -0.1) is 5.10 Å². The number of hydrogen-bond acceptors (Lipinski definition) is 3. The third-order valence-corrected chi connectivity index (χ3v) is 3.00. The molecule has 0 saturated carbocycles. The molecule has 100 valence electrons. The van der Waals surface area contributed by atoms with Gasteiger partial charge in [0.25, 0.3) is 0 Å². The van der Waals surface area contributed by atoms with Crippen molar-refractivity contribution >= 4 is 5.95 Å². The lowest BCUT2D eigenvalue weighted by atomic mass is 10.1. The van der Waals surface area contributed by atoms with Crippen LogP contribution in [0.4, 0.5) is 10.3 Å². The molecule has 1 aromatic heterocycles. The summed E-state index contributed by atoms with van der Waals surface area (Å²) in [5, 5.41) is 4.17. The van der Waals surface area contributed by atoms with Crippen LogP contribution in [0.15, 0.2) is 48.5 Å². The first-order valence-corrected chi connectivity index (χ1v) is 6.19. The number of nitrogen functional groups attached to an aromatic ring is 1. The largest absolute Gasteiger partial charge is 0.366 e. The lowest BCUT2D eigenvalue weighted by Crippen LogP contribution is -2.00. The van der Waals surface area contributed by atoms with Gasteiger partial charge in [-0.1, -0.05) is 29.8 Å². The van der Waals surface area contributed by atoms with Crippen LogP contribution in [-0.2, 0) is 0 Å². The van der Waals surface area contributed by atoms with Gasteiger partial charge >= 0.3 is 0 Å². The number of hydrogen-bond donors (Lipinski definition) is 1. The van der Waals surface area contributed by atoms with Gasteiger partial charge in [0.1, 0.15) is 5.82 Å². The second-order valence-corrected chi connectivity index (χ2v) is 4.55. The number of nitrogens with zero attached hydrogens (tertiary/aromatic N) is 3. The Morgan fingerprint density at radius 3 is 2.30 bits per heavy atom. The summed E-state index contributed by atoms with van der Waals surface area (Å²) in [6.07, 6.45) is 0. The van der Waals surface area contributed by atoms with E-state index in [2.05, 4.69) is 10.1 Å². The van der Waals surface area contributed by atoms with E-state index in [1.54, 1.807) is 16.8 Å². The van der Waals surface area contributed by atoms with Gasteiger partial charge in [-0.2, -0.15) is 4.98 Å². The Bertz CT molecular complexity index is 667. The molecule has 0 atom stereocenters. The van der Waals surface area contributed by atoms with Crippen molar-refractivity contribution in [1.82, 2.24) is 14.8 Å². The Morgan fingerprint density at radius 1 is 1.00 bits per heavy atom. The lowest BCUT2D eigenvalue weighted by Gasteiger charge is -2.06. The fourth-order valence-electron chi connectivity index (χ4n) is 1.98. The van der Waals surface area contributed by atoms with Crippen molar-refractivity contribution < 1.29 is 4.39 Å². The first-order valence-electron chi connectivity index (χ1n) is 6.19. The molecule has 0 spiro atoms. The summed E-state index contributed by atoms with van der Waals surface area (Å²) in [6.45, 7) is 2.02. The molecule has 3 aromatic rings. The van der Waals surface area contributed by atoms with Crippen LogP contribution in [0.2, 0.25) is 0 Å².